The zero-order valence-electron chi connectivity index (χ0n) is 12.8. The van der Waals surface area contributed by atoms with Gasteiger partial charge in [-0.3, -0.25) is 4.79 Å². The van der Waals surface area contributed by atoms with Crippen LogP contribution in [0.5, 0.6) is 0 Å². The lowest BCUT2D eigenvalue weighted by Gasteiger charge is -2.18. The number of carbonyl (C=O) groups is 1. The van der Waals surface area contributed by atoms with Gasteiger partial charge >= 0.3 is 0 Å². The van der Waals surface area contributed by atoms with Gasteiger partial charge in [0.15, 0.2) is 5.82 Å². The van der Waals surface area contributed by atoms with Crippen molar-refractivity contribution in [1.29, 1.82) is 0 Å². The van der Waals surface area contributed by atoms with Crippen LogP contribution in [0, 0.1) is 0 Å². The van der Waals surface area contributed by atoms with Crippen molar-refractivity contribution in [2.24, 2.45) is 0 Å². The van der Waals surface area contributed by atoms with E-state index in [1.165, 1.54) is 0 Å². The zero-order valence-corrected chi connectivity index (χ0v) is 12.8. The Morgan fingerprint density at radius 2 is 2.24 bits per heavy atom. The summed E-state index contributed by atoms with van der Waals surface area (Å²) in [5, 5.41) is 2.74. The van der Waals surface area contributed by atoms with Gasteiger partial charge in [0.05, 0.1) is 13.2 Å². The number of aromatic nitrogens is 2. The molecule has 8 heteroatoms. The molecule has 1 aromatic heterocycles. The number of likely N-dealkylation sites (N-methyl/N-ethyl adjacent to an activating group) is 1. The van der Waals surface area contributed by atoms with Crippen molar-refractivity contribution in [2.75, 3.05) is 51.1 Å². The molecular formula is C13H23N5O3. The summed E-state index contributed by atoms with van der Waals surface area (Å²) in [4.78, 5) is 21.9. The number of nitrogens with zero attached hydrogens (tertiary/aromatic N) is 3. The summed E-state index contributed by atoms with van der Waals surface area (Å²) in [6.45, 7) is 3.89. The van der Waals surface area contributed by atoms with Crippen molar-refractivity contribution in [2.45, 2.75) is 13.5 Å². The quantitative estimate of drug-likeness (QED) is 0.608. The average molecular weight is 297 g/mol. The Kier molecular flexibility index (Phi) is 7.41. The van der Waals surface area contributed by atoms with Crippen molar-refractivity contribution in [3.8, 4) is 0 Å². The molecule has 1 amide bonds. The number of nitrogens with one attached hydrogen (secondary N) is 1. The summed E-state index contributed by atoms with van der Waals surface area (Å²) >= 11 is 0. The first-order valence-corrected chi connectivity index (χ1v) is 6.74. The van der Waals surface area contributed by atoms with Crippen LogP contribution < -0.4 is 16.0 Å². The second kappa shape index (κ2) is 9.09. The molecule has 0 saturated carbocycles. The van der Waals surface area contributed by atoms with Gasteiger partial charge < -0.3 is 25.4 Å². The number of ether oxygens (including phenoxy) is 2. The molecule has 1 heterocycles. The summed E-state index contributed by atoms with van der Waals surface area (Å²) in [5.41, 5.74) is 5.75. The lowest BCUT2D eigenvalue weighted by molar-refractivity contribution is -0.119. The van der Waals surface area contributed by atoms with Gasteiger partial charge in [0, 0.05) is 33.4 Å². The van der Waals surface area contributed by atoms with Crippen molar-refractivity contribution in [3.05, 3.63) is 11.9 Å². The Labute approximate surface area is 124 Å². The van der Waals surface area contributed by atoms with Gasteiger partial charge in [-0.25, -0.2) is 9.97 Å². The standard InChI is InChI=1S/C13H23N5O3/c1-4-21-9-11-16-10(14)7-12(17-11)18(2)8-13(19)15-5-6-20-3/h7H,4-6,8-9H2,1-3H3,(H,15,19)(H2,14,16,17). The van der Waals surface area contributed by atoms with E-state index < -0.39 is 0 Å². The molecule has 118 valence electrons. The molecule has 0 unspecified atom stereocenters. The number of nitrogen functional groups attached to an aromatic ring is 1. The van der Waals surface area contributed by atoms with E-state index in [0.717, 1.165) is 0 Å². The monoisotopic (exact) mass is 297 g/mol. The van der Waals surface area contributed by atoms with Crippen molar-refractivity contribution in [1.82, 2.24) is 15.3 Å². The zero-order chi connectivity index (χ0) is 15.7. The van der Waals surface area contributed by atoms with Crippen LogP contribution >= 0.6 is 0 Å². The van der Waals surface area contributed by atoms with E-state index >= 15 is 0 Å². The molecule has 0 aliphatic carbocycles. The molecular weight excluding hydrogens is 274 g/mol. The number of methoxy groups -OCH3 is 1. The summed E-state index contributed by atoms with van der Waals surface area (Å²) in [6, 6.07) is 1.62. The van der Waals surface area contributed by atoms with Crippen LogP contribution in [0.25, 0.3) is 0 Å². The minimum Gasteiger partial charge on any atom is -0.384 e. The number of rotatable bonds is 9. The number of amides is 1. The van der Waals surface area contributed by atoms with Crippen LogP contribution in [0.15, 0.2) is 6.07 Å². The van der Waals surface area contributed by atoms with Crippen LogP contribution in [0.3, 0.4) is 0 Å². The molecule has 0 spiro atoms. The summed E-state index contributed by atoms with van der Waals surface area (Å²) in [6.07, 6.45) is 0. The predicted molar refractivity (Wildman–Crippen MR) is 79.9 cm³/mol. The molecule has 0 saturated heterocycles. The van der Waals surface area contributed by atoms with Gasteiger partial charge in [-0.15, -0.1) is 0 Å². The maximum absolute atomic E-state index is 11.7. The topological polar surface area (TPSA) is 103 Å². The Hall–Kier alpha value is -1.93. The van der Waals surface area contributed by atoms with Crippen LogP contribution in [0.2, 0.25) is 0 Å². The minimum absolute atomic E-state index is 0.113. The number of hydrogen-bond acceptors (Lipinski definition) is 7. The molecule has 0 radical (unpaired) electrons. The summed E-state index contributed by atoms with van der Waals surface area (Å²) in [5.74, 6) is 1.32. The third-order valence-corrected chi connectivity index (χ3v) is 2.61. The Bertz CT molecular complexity index is 455. The first-order chi connectivity index (χ1) is 10.1. The average Bonchev–Trinajstić information content (AvgIpc) is 2.44. The third-order valence-electron chi connectivity index (χ3n) is 2.61. The second-order valence-corrected chi connectivity index (χ2v) is 4.40. The maximum Gasteiger partial charge on any atom is 0.239 e. The Morgan fingerprint density at radius 1 is 1.48 bits per heavy atom. The highest BCUT2D eigenvalue weighted by molar-refractivity contribution is 5.80. The number of carbonyl (C=O) groups excluding carboxylic acids is 1. The fraction of sp³-hybridized carbons (Fsp3) is 0.615. The summed E-state index contributed by atoms with van der Waals surface area (Å²) in [7, 11) is 3.35. The van der Waals surface area contributed by atoms with E-state index in [1.807, 2.05) is 6.92 Å². The number of nitrogens with two attached hydrogens (primary N) is 1. The minimum atomic E-state index is -0.113. The molecule has 1 aromatic rings. The van der Waals surface area contributed by atoms with E-state index in [9.17, 15) is 4.79 Å². The lowest BCUT2D eigenvalue weighted by Crippen LogP contribution is -2.37. The fourth-order valence-electron chi connectivity index (χ4n) is 1.60. The van der Waals surface area contributed by atoms with Crippen LogP contribution in [0.4, 0.5) is 11.6 Å². The predicted octanol–water partition coefficient (Wildman–Crippen LogP) is -0.206. The molecule has 1 rings (SSSR count). The molecule has 0 aliphatic heterocycles. The van der Waals surface area contributed by atoms with E-state index in [1.54, 1.807) is 25.1 Å². The van der Waals surface area contributed by atoms with Crippen molar-refractivity contribution in [3.63, 3.8) is 0 Å². The Balaban J connectivity index is 2.62. The fourth-order valence-corrected chi connectivity index (χ4v) is 1.60. The van der Waals surface area contributed by atoms with Crippen LogP contribution in [-0.2, 0) is 20.9 Å². The first-order valence-electron chi connectivity index (χ1n) is 6.74. The van der Waals surface area contributed by atoms with Gasteiger partial charge in [-0.2, -0.15) is 0 Å². The van der Waals surface area contributed by atoms with Gasteiger partial charge in [0.1, 0.15) is 18.2 Å². The number of hydrogen-bond donors (Lipinski definition) is 2. The first kappa shape index (κ1) is 17.1. The number of anilines is 2. The van der Waals surface area contributed by atoms with Crippen molar-refractivity contribution < 1.29 is 14.3 Å². The van der Waals surface area contributed by atoms with Gasteiger partial charge in [0.2, 0.25) is 5.91 Å². The molecule has 3 N–H and O–H groups in total. The third kappa shape index (κ3) is 6.37. The summed E-state index contributed by atoms with van der Waals surface area (Å²) < 4.78 is 10.1. The van der Waals surface area contributed by atoms with Gasteiger partial charge in [-0.05, 0) is 6.92 Å². The van der Waals surface area contributed by atoms with Gasteiger partial charge in [0.25, 0.3) is 0 Å². The van der Waals surface area contributed by atoms with E-state index in [-0.39, 0.29) is 12.5 Å². The van der Waals surface area contributed by atoms with Crippen molar-refractivity contribution >= 4 is 17.5 Å². The van der Waals surface area contributed by atoms with Gasteiger partial charge in [-0.1, -0.05) is 0 Å². The van der Waals surface area contributed by atoms with E-state index in [4.69, 9.17) is 15.2 Å². The molecule has 0 atom stereocenters. The molecule has 0 aliphatic rings. The molecule has 0 bridgehead atoms. The highest BCUT2D eigenvalue weighted by atomic mass is 16.5. The highest BCUT2D eigenvalue weighted by Crippen LogP contribution is 2.12. The molecule has 0 aromatic carbocycles. The highest BCUT2D eigenvalue weighted by Gasteiger charge is 2.11. The molecule has 21 heavy (non-hydrogen) atoms. The van der Waals surface area contributed by atoms with Crippen LogP contribution in [-0.4, -0.2) is 56.3 Å². The largest absolute Gasteiger partial charge is 0.384 e. The second-order valence-electron chi connectivity index (χ2n) is 4.40. The molecule has 0 fully saturated rings. The van der Waals surface area contributed by atoms with E-state index in [0.29, 0.717) is 43.8 Å². The van der Waals surface area contributed by atoms with Crippen LogP contribution in [0.1, 0.15) is 12.7 Å². The lowest BCUT2D eigenvalue weighted by atomic mass is 10.4. The molecule has 8 nitrogen and oxygen atoms in total. The smallest absolute Gasteiger partial charge is 0.239 e. The van der Waals surface area contributed by atoms with E-state index in [2.05, 4.69) is 15.3 Å². The SMILES string of the molecule is CCOCc1nc(N)cc(N(C)CC(=O)NCCOC)n1. The maximum atomic E-state index is 11.7. The normalized spacial score (nSPS) is 10.4. The Morgan fingerprint density at radius 3 is 2.90 bits per heavy atom.